The zero-order valence-electron chi connectivity index (χ0n) is 6.68. The van der Waals surface area contributed by atoms with Crippen LogP contribution in [0.4, 0.5) is 8.78 Å². The van der Waals surface area contributed by atoms with E-state index in [2.05, 4.69) is 0 Å². The van der Waals surface area contributed by atoms with Crippen LogP contribution in [0.25, 0.3) is 0 Å². The topological polar surface area (TPSA) is 43.1 Å². The summed E-state index contributed by atoms with van der Waals surface area (Å²) in [5, 5.41) is 0. The summed E-state index contributed by atoms with van der Waals surface area (Å²) in [5.41, 5.74) is 6.15. The number of hydrogen-bond acceptors (Lipinski definition) is 2. The van der Waals surface area contributed by atoms with Crippen LogP contribution in [-0.2, 0) is 6.42 Å². The van der Waals surface area contributed by atoms with Crippen molar-refractivity contribution in [2.45, 2.75) is 12.5 Å². The summed E-state index contributed by atoms with van der Waals surface area (Å²) in [5.74, 6) is -2.24. The average molecular weight is 183 g/mol. The van der Waals surface area contributed by atoms with Gasteiger partial charge in [0, 0.05) is 5.56 Å². The molecule has 1 aromatic rings. The van der Waals surface area contributed by atoms with Gasteiger partial charge in [0.15, 0.2) is 17.4 Å². The van der Waals surface area contributed by atoms with Gasteiger partial charge in [-0.25, -0.2) is 8.78 Å². The Morgan fingerprint density at radius 2 is 1.92 bits per heavy atom. The first-order valence-corrected chi connectivity index (χ1v) is 3.87. The lowest BCUT2D eigenvalue weighted by atomic mass is 10.1. The molecule has 1 aliphatic carbocycles. The molecular formula is C9H7F2NO. The monoisotopic (exact) mass is 183 g/mol. The molecule has 2 N–H and O–H groups in total. The molecule has 0 aliphatic heterocycles. The van der Waals surface area contributed by atoms with Crippen LogP contribution in [0.2, 0.25) is 0 Å². The highest BCUT2D eigenvalue weighted by Crippen LogP contribution is 2.23. The third kappa shape index (κ3) is 1.14. The largest absolute Gasteiger partial charge is 0.321 e. The Kier molecular flexibility index (Phi) is 1.66. The van der Waals surface area contributed by atoms with E-state index in [9.17, 15) is 13.6 Å². The quantitative estimate of drug-likeness (QED) is 0.652. The van der Waals surface area contributed by atoms with Crippen molar-refractivity contribution >= 4 is 5.78 Å². The number of hydrogen-bond donors (Lipinski definition) is 1. The third-order valence-corrected chi connectivity index (χ3v) is 2.19. The highest BCUT2D eigenvalue weighted by Gasteiger charge is 2.28. The Labute approximate surface area is 73.4 Å². The van der Waals surface area contributed by atoms with Crippen molar-refractivity contribution in [3.63, 3.8) is 0 Å². The fourth-order valence-corrected chi connectivity index (χ4v) is 1.52. The number of fused-ring (bicyclic) bond motifs is 1. The van der Waals surface area contributed by atoms with Gasteiger partial charge in [-0.1, -0.05) is 0 Å². The van der Waals surface area contributed by atoms with Crippen LogP contribution in [0.3, 0.4) is 0 Å². The zero-order valence-corrected chi connectivity index (χ0v) is 6.68. The van der Waals surface area contributed by atoms with E-state index in [1.807, 2.05) is 0 Å². The SMILES string of the molecule is NC1Cc2cc(F)c(F)cc2C1=O. The second kappa shape index (κ2) is 2.60. The lowest BCUT2D eigenvalue weighted by Crippen LogP contribution is -2.26. The minimum Gasteiger partial charge on any atom is -0.321 e. The summed E-state index contributed by atoms with van der Waals surface area (Å²) in [4.78, 5) is 11.2. The summed E-state index contributed by atoms with van der Waals surface area (Å²) in [6.45, 7) is 0. The molecule has 0 radical (unpaired) electrons. The van der Waals surface area contributed by atoms with Crippen LogP contribution >= 0.6 is 0 Å². The van der Waals surface area contributed by atoms with Crippen molar-refractivity contribution in [2.75, 3.05) is 0 Å². The number of rotatable bonds is 0. The predicted molar refractivity (Wildman–Crippen MR) is 42.4 cm³/mol. The molecule has 0 saturated carbocycles. The summed E-state index contributed by atoms with van der Waals surface area (Å²) < 4.78 is 25.4. The van der Waals surface area contributed by atoms with Gasteiger partial charge in [-0.05, 0) is 24.1 Å². The van der Waals surface area contributed by atoms with Gasteiger partial charge in [-0.2, -0.15) is 0 Å². The molecule has 13 heavy (non-hydrogen) atoms. The molecule has 0 aromatic heterocycles. The molecule has 1 unspecified atom stereocenters. The lowest BCUT2D eigenvalue weighted by Gasteiger charge is -1.97. The van der Waals surface area contributed by atoms with E-state index in [1.165, 1.54) is 0 Å². The van der Waals surface area contributed by atoms with Gasteiger partial charge in [0.1, 0.15) is 0 Å². The molecule has 0 bridgehead atoms. The highest BCUT2D eigenvalue weighted by molar-refractivity contribution is 6.04. The first-order chi connectivity index (χ1) is 6.09. The minimum absolute atomic E-state index is 0.214. The Hall–Kier alpha value is -1.29. The van der Waals surface area contributed by atoms with Gasteiger partial charge in [-0.15, -0.1) is 0 Å². The molecule has 0 heterocycles. The Bertz CT molecular complexity index is 389. The first kappa shape index (κ1) is 8.31. The van der Waals surface area contributed by atoms with Gasteiger partial charge >= 0.3 is 0 Å². The number of ketones is 1. The van der Waals surface area contributed by atoms with Gasteiger partial charge in [-0.3, -0.25) is 4.79 Å². The van der Waals surface area contributed by atoms with Crippen molar-refractivity contribution in [1.82, 2.24) is 0 Å². The second-order valence-electron chi connectivity index (χ2n) is 3.10. The maximum Gasteiger partial charge on any atom is 0.180 e. The van der Waals surface area contributed by atoms with Crippen molar-refractivity contribution in [3.05, 3.63) is 34.9 Å². The second-order valence-corrected chi connectivity index (χ2v) is 3.10. The van der Waals surface area contributed by atoms with E-state index < -0.39 is 17.7 Å². The van der Waals surface area contributed by atoms with Gasteiger partial charge in [0.05, 0.1) is 6.04 Å². The van der Waals surface area contributed by atoms with Crippen LogP contribution < -0.4 is 5.73 Å². The van der Waals surface area contributed by atoms with E-state index in [1.54, 1.807) is 0 Å². The lowest BCUT2D eigenvalue weighted by molar-refractivity contribution is 0.0974. The molecule has 2 nitrogen and oxygen atoms in total. The molecule has 1 atom stereocenters. The molecule has 4 heteroatoms. The average Bonchev–Trinajstić information content (AvgIpc) is 2.32. The van der Waals surface area contributed by atoms with E-state index in [0.717, 1.165) is 12.1 Å². The maximum absolute atomic E-state index is 12.7. The summed E-state index contributed by atoms with van der Waals surface area (Å²) in [6.07, 6.45) is 0.297. The van der Waals surface area contributed by atoms with Crippen LogP contribution in [0.1, 0.15) is 15.9 Å². The van der Waals surface area contributed by atoms with Crippen LogP contribution in [-0.4, -0.2) is 11.8 Å². The number of nitrogens with two attached hydrogens (primary N) is 1. The van der Waals surface area contributed by atoms with Crippen molar-refractivity contribution in [2.24, 2.45) is 5.73 Å². The van der Waals surface area contributed by atoms with Crippen molar-refractivity contribution in [1.29, 1.82) is 0 Å². The molecular weight excluding hydrogens is 176 g/mol. The molecule has 1 aromatic carbocycles. The number of carbonyl (C=O) groups excluding carboxylic acids is 1. The van der Waals surface area contributed by atoms with Crippen molar-refractivity contribution in [3.8, 4) is 0 Å². The molecule has 68 valence electrons. The normalized spacial score (nSPS) is 20.5. The molecule has 0 amide bonds. The van der Waals surface area contributed by atoms with Gasteiger partial charge in [0.25, 0.3) is 0 Å². The fourth-order valence-electron chi connectivity index (χ4n) is 1.52. The number of Topliss-reactive ketones (excluding diaryl/α,β-unsaturated/α-hetero) is 1. The van der Waals surface area contributed by atoms with Crippen LogP contribution in [0.5, 0.6) is 0 Å². The number of benzene rings is 1. The molecule has 0 fully saturated rings. The van der Waals surface area contributed by atoms with Crippen LogP contribution in [0.15, 0.2) is 12.1 Å². The first-order valence-electron chi connectivity index (χ1n) is 3.87. The minimum atomic E-state index is -0.999. The zero-order chi connectivity index (χ0) is 9.59. The summed E-state index contributed by atoms with van der Waals surface area (Å²) in [7, 11) is 0. The smallest absolute Gasteiger partial charge is 0.180 e. The molecule has 0 saturated heterocycles. The van der Waals surface area contributed by atoms with Gasteiger partial charge < -0.3 is 5.73 Å². The van der Waals surface area contributed by atoms with E-state index in [0.29, 0.717) is 12.0 Å². The third-order valence-electron chi connectivity index (χ3n) is 2.19. The summed E-state index contributed by atoms with van der Waals surface area (Å²) in [6, 6.07) is 1.31. The maximum atomic E-state index is 12.7. The molecule has 1 aliphatic rings. The number of carbonyl (C=O) groups is 1. The van der Waals surface area contributed by atoms with E-state index >= 15 is 0 Å². The molecule has 2 rings (SSSR count). The predicted octanol–water partition coefficient (Wildman–Crippen LogP) is 1.03. The van der Waals surface area contributed by atoms with Gasteiger partial charge in [0.2, 0.25) is 0 Å². The highest BCUT2D eigenvalue weighted by atomic mass is 19.2. The fraction of sp³-hybridized carbons (Fsp3) is 0.222. The number of halogens is 2. The molecule has 0 spiro atoms. The Morgan fingerprint density at radius 3 is 2.62 bits per heavy atom. The van der Waals surface area contributed by atoms with E-state index in [-0.39, 0.29) is 11.3 Å². The van der Waals surface area contributed by atoms with Crippen molar-refractivity contribution < 1.29 is 13.6 Å². The summed E-state index contributed by atoms with van der Waals surface area (Å²) >= 11 is 0. The van der Waals surface area contributed by atoms with E-state index in [4.69, 9.17) is 5.73 Å². The Morgan fingerprint density at radius 1 is 1.31 bits per heavy atom. The Balaban J connectivity index is 2.59. The standard InChI is InChI=1S/C9H7F2NO/c10-6-1-4-2-8(12)9(13)5(4)3-7(6)11/h1,3,8H,2,12H2. The van der Waals surface area contributed by atoms with Crippen LogP contribution in [0, 0.1) is 11.6 Å².